The summed E-state index contributed by atoms with van der Waals surface area (Å²) in [5.74, 6) is 0.396. The fraction of sp³-hybridized carbons (Fsp3) is 0.688. The zero-order valence-electron chi connectivity index (χ0n) is 12.9. The van der Waals surface area contributed by atoms with Crippen molar-refractivity contribution in [1.29, 1.82) is 0 Å². The predicted octanol–water partition coefficient (Wildman–Crippen LogP) is 3.40. The molecule has 0 aliphatic rings. The topological polar surface area (TPSA) is 49.3 Å². The molecule has 1 aromatic rings. The van der Waals surface area contributed by atoms with Crippen molar-refractivity contribution in [3.05, 3.63) is 21.4 Å². The molecular formula is C16H27NO2S. The van der Waals surface area contributed by atoms with Gasteiger partial charge in [-0.15, -0.1) is 11.3 Å². The second-order valence-electron chi connectivity index (χ2n) is 5.16. The van der Waals surface area contributed by atoms with Crippen LogP contribution in [-0.4, -0.2) is 24.2 Å². The second kappa shape index (κ2) is 9.14. The molecule has 1 heterocycles. The van der Waals surface area contributed by atoms with Crippen molar-refractivity contribution >= 4 is 17.2 Å². The summed E-state index contributed by atoms with van der Waals surface area (Å²) in [5, 5.41) is 12.0. The maximum absolute atomic E-state index is 12.2. The number of hydrogen-bond donors (Lipinski definition) is 2. The lowest BCUT2D eigenvalue weighted by Crippen LogP contribution is -2.29. The lowest BCUT2D eigenvalue weighted by atomic mass is 10.0. The lowest BCUT2D eigenvalue weighted by molar-refractivity contribution is 0.0947. The Labute approximate surface area is 126 Å². The zero-order valence-corrected chi connectivity index (χ0v) is 13.7. The average molecular weight is 297 g/mol. The maximum atomic E-state index is 12.2. The van der Waals surface area contributed by atoms with Gasteiger partial charge in [0.15, 0.2) is 0 Å². The molecule has 1 atom stereocenters. The van der Waals surface area contributed by atoms with E-state index >= 15 is 0 Å². The molecule has 3 nitrogen and oxygen atoms in total. The highest BCUT2D eigenvalue weighted by molar-refractivity contribution is 7.14. The van der Waals surface area contributed by atoms with E-state index in [1.807, 2.05) is 6.07 Å². The van der Waals surface area contributed by atoms with Gasteiger partial charge in [0, 0.05) is 18.0 Å². The van der Waals surface area contributed by atoms with Crippen LogP contribution in [0.3, 0.4) is 0 Å². The number of nitrogens with one attached hydrogen (secondary N) is 1. The van der Waals surface area contributed by atoms with Crippen LogP contribution in [0.5, 0.6) is 0 Å². The molecule has 2 N–H and O–H groups in total. The highest BCUT2D eigenvalue weighted by Gasteiger charge is 2.14. The van der Waals surface area contributed by atoms with Gasteiger partial charge in [0.2, 0.25) is 0 Å². The van der Waals surface area contributed by atoms with Gasteiger partial charge in [-0.05, 0) is 36.8 Å². The predicted molar refractivity (Wildman–Crippen MR) is 85.5 cm³/mol. The van der Waals surface area contributed by atoms with Crippen molar-refractivity contribution in [1.82, 2.24) is 5.32 Å². The summed E-state index contributed by atoms with van der Waals surface area (Å²) in [6, 6.07) is 2.04. The van der Waals surface area contributed by atoms with E-state index in [2.05, 4.69) is 26.1 Å². The van der Waals surface area contributed by atoms with E-state index in [-0.39, 0.29) is 12.5 Å². The molecule has 0 radical (unpaired) electrons. The molecule has 0 spiro atoms. The maximum Gasteiger partial charge on any atom is 0.261 e. The van der Waals surface area contributed by atoms with Gasteiger partial charge in [-0.25, -0.2) is 0 Å². The minimum Gasteiger partial charge on any atom is -0.396 e. The number of carbonyl (C=O) groups excluding carboxylic acids is 1. The lowest BCUT2D eigenvalue weighted by Gasteiger charge is -2.13. The standard InChI is InChI=1S/C16H27NO2S/c1-4-7-14-13(6-3)10-15(20-14)16(19)17-11-12(5-2)8-9-18/h10,12,18H,4-9,11H2,1-3H3,(H,17,19). The van der Waals surface area contributed by atoms with Gasteiger partial charge >= 0.3 is 0 Å². The minimum atomic E-state index is 0.0310. The summed E-state index contributed by atoms with van der Waals surface area (Å²) < 4.78 is 0. The van der Waals surface area contributed by atoms with Crippen molar-refractivity contribution in [2.45, 2.75) is 52.9 Å². The Morgan fingerprint density at radius 3 is 2.70 bits per heavy atom. The molecule has 114 valence electrons. The molecule has 20 heavy (non-hydrogen) atoms. The summed E-state index contributed by atoms with van der Waals surface area (Å²) in [4.78, 5) is 14.4. The van der Waals surface area contributed by atoms with Gasteiger partial charge in [-0.3, -0.25) is 4.79 Å². The summed E-state index contributed by atoms with van der Waals surface area (Å²) in [6.45, 7) is 7.23. The van der Waals surface area contributed by atoms with Crippen molar-refractivity contribution in [3.63, 3.8) is 0 Å². The van der Waals surface area contributed by atoms with Crippen LogP contribution in [-0.2, 0) is 12.8 Å². The number of aliphatic hydroxyl groups is 1. The van der Waals surface area contributed by atoms with Crippen LogP contribution < -0.4 is 5.32 Å². The fourth-order valence-corrected chi connectivity index (χ4v) is 3.55. The van der Waals surface area contributed by atoms with Gasteiger partial charge in [0.1, 0.15) is 0 Å². The summed E-state index contributed by atoms with van der Waals surface area (Å²) in [6.07, 6.45) is 4.89. The van der Waals surface area contributed by atoms with E-state index < -0.39 is 0 Å². The number of amides is 1. The van der Waals surface area contributed by atoms with Crippen molar-refractivity contribution in [3.8, 4) is 0 Å². The van der Waals surface area contributed by atoms with Crippen molar-refractivity contribution in [2.75, 3.05) is 13.2 Å². The molecule has 1 unspecified atom stereocenters. The Kier molecular flexibility index (Phi) is 7.85. The third kappa shape index (κ3) is 4.91. The molecule has 1 aromatic heterocycles. The van der Waals surface area contributed by atoms with E-state index in [0.717, 1.165) is 37.0 Å². The number of carbonyl (C=O) groups is 1. The smallest absolute Gasteiger partial charge is 0.261 e. The third-order valence-corrected chi connectivity index (χ3v) is 4.88. The Morgan fingerprint density at radius 1 is 1.40 bits per heavy atom. The molecule has 1 rings (SSSR count). The SMILES string of the molecule is CCCc1sc(C(=O)NCC(CC)CCO)cc1CC. The Balaban J connectivity index is 2.62. The molecule has 0 aromatic carbocycles. The summed E-state index contributed by atoms with van der Waals surface area (Å²) >= 11 is 1.63. The van der Waals surface area contributed by atoms with Gasteiger partial charge in [0.05, 0.1) is 4.88 Å². The monoisotopic (exact) mass is 297 g/mol. The van der Waals surface area contributed by atoms with Crippen molar-refractivity contribution < 1.29 is 9.90 Å². The first-order valence-electron chi connectivity index (χ1n) is 7.66. The molecule has 0 saturated carbocycles. The molecule has 4 heteroatoms. The van der Waals surface area contributed by atoms with E-state index in [4.69, 9.17) is 5.11 Å². The Morgan fingerprint density at radius 2 is 2.15 bits per heavy atom. The largest absolute Gasteiger partial charge is 0.396 e. The molecule has 0 fully saturated rings. The first-order chi connectivity index (χ1) is 9.65. The Hall–Kier alpha value is -0.870. The van der Waals surface area contributed by atoms with Crippen LogP contribution in [0.2, 0.25) is 0 Å². The number of hydrogen-bond acceptors (Lipinski definition) is 3. The zero-order chi connectivity index (χ0) is 15.0. The first kappa shape index (κ1) is 17.2. The number of aliphatic hydroxyl groups excluding tert-OH is 1. The average Bonchev–Trinajstić information content (AvgIpc) is 2.86. The quantitative estimate of drug-likeness (QED) is 0.734. The molecule has 0 aliphatic heterocycles. The molecule has 0 saturated heterocycles. The molecule has 0 aliphatic carbocycles. The Bertz CT molecular complexity index is 415. The first-order valence-corrected chi connectivity index (χ1v) is 8.48. The fourth-order valence-electron chi connectivity index (χ4n) is 2.27. The van der Waals surface area contributed by atoms with E-state index in [9.17, 15) is 4.79 Å². The van der Waals surface area contributed by atoms with Crippen LogP contribution in [0.1, 0.15) is 60.1 Å². The second-order valence-corrected chi connectivity index (χ2v) is 6.30. The number of thiophene rings is 1. The van der Waals surface area contributed by atoms with Gasteiger partial charge < -0.3 is 10.4 Å². The molecular weight excluding hydrogens is 270 g/mol. The number of aryl methyl sites for hydroxylation is 2. The van der Waals surface area contributed by atoms with Crippen LogP contribution in [0.25, 0.3) is 0 Å². The van der Waals surface area contributed by atoms with Gasteiger partial charge in [-0.2, -0.15) is 0 Å². The van der Waals surface area contributed by atoms with Crippen molar-refractivity contribution in [2.24, 2.45) is 5.92 Å². The number of rotatable bonds is 9. The van der Waals surface area contributed by atoms with E-state index in [0.29, 0.717) is 12.5 Å². The van der Waals surface area contributed by atoms with Gasteiger partial charge in [0.25, 0.3) is 5.91 Å². The summed E-state index contributed by atoms with van der Waals surface area (Å²) in [7, 11) is 0. The molecule has 0 bridgehead atoms. The third-order valence-electron chi connectivity index (χ3n) is 3.64. The molecule has 1 amide bonds. The summed E-state index contributed by atoms with van der Waals surface area (Å²) in [5.41, 5.74) is 1.31. The highest BCUT2D eigenvalue weighted by atomic mass is 32.1. The van der Waals surface area contributed by atoms with Crippen LogP contribution >= 0.6 is 11.3 Å². The van der Waals surface area contributed by atoms with E-state index in [1.54, 1.807) is 11.3 Å². The van der Waals surface area contributed by atoms with E-state index in [1.165, 1.54) is 10.4 Å². The van der Waals surface area contributed by atoms with Crippen LogP contribution in [0.4, 0.5) is 0 Å². The minimum absolute atomic E-state index is 0.0310. The van der Waals surface area contributed by atoms with Crippen LogP contribution in [0, 0.1) is 5.92 Å². The van der Waals surface area contributed by atoms with Gasteiger partial charge in [-0.1, -0.05) is 33.6 Å². The highest BCUT2D eigenvalue weighted by Crippen LogP contribution is 2.24. The van der Waals surface area contributed by atoms with Crippen LogP contribution in [0.15, 0.2) is 6.07 Å². The normalized spacial score (nSPS) is 12.4.